The summed E-state index contributed by atoms with van der Waals surface area (Å²) in [6.45, 7) is 2.76. The number of hydrogen-bond acceptors (Lipinski definition) is 4. The molecule has 7 heteroatoms. The summed E-state index contributed by atoms with van der Waals surface area (Å²) in [4.78, 5) is 27.2. The third-order valence-corrected chi connectivity index (χ3v) is 5.66. The first-order valence-electron chi connectivity index (χ1n) is 10.6. The molecular weight excluding hydrogens is 400 g/mol. The number of halogens is 1. The van der Waals surface area contributed by atoms with E-state index in [1.54, 1.807) is 4.90 Å². The molecule has 0 saturated carbocycles. The Bertz CT molecular complexity index is 930. The number of hydrogen-bond donors (Lipinski definition) is 0. The van der Waals surface area contributed by atoms with Crippen molar-refractivity contribution < 1.29 is 9.59 Å². The van der Waals surface area contributed by atoms with Gasteiger partial charge in [-0.3, -0.25) is 14.3 Å². The van der Waals surface area contributed by atoms with Gasteiger partial charge in [0.1, 0.15) is 5.69 Å². The number of carbonyl (C=O) groups is 2. The van der Waals surface area contributed by atoms with Crippen molar-refractivity contribution in [1.82, 2.24) is 14.7 Å². The molecular formula is C23H27ClN4O2. The molecule has 0 N–H and O–H groups in total. The van der Waals surface area contributed by atoms with Crippen LogP contribution in [-0.4, -0.2) is 39.5 Å². The third kappa shape index (κ3) is 5.28. The Morgan fingerprint density at radius 3 is 2.73 bits per heavy atom. The van der Waals surface area contributed by atoms with Crippen molar-refractivity contribution in [2.75, 3.05) is 13.1 Å². The number of nitrogens with zero attached hydrogens (tertiary/aromatic N) is 4. The topological polar surface area (TPSA) is 79.0 Å². The Balaban J connectivity index is 1.79. The van der Waals surface area contributed by atoms with Gasteiger partial charge in [-0.2, -0.15) is 10.4 Å². The number of Topliss-reactive ketones (excluding diaryl/α,β-unsaturated/α-hetero) is 1. The van der Waals surface area contributed by atoms with E-state index >= 15 is 0 Å². The van der Waals surface area contributed by atoms with Crippen LogP contribution in [0.4, 0.5) is 0 Å². The van der Waals surface area contributed by atoms with E-state index in [0.717, 1.165) is 30.5 Å². The molecule has 0 aliphatic carbocycles. The molecule has 0 spiro atoms. The first-order chi connectivity index (χ1) is 14.5. The van der Waals surface area contributed by atoms with Crippen LogP contribution < -0.4 is 0 Å². The number of carbonyl (C=O) groups excluding carboxylic acids is 2. The Labute approximate surface area is 182 Å². The van der Waals surface area contributed by atoms with Crippen LogP contribution in [0.15, 0.2) is 30.3 Å². The summed E-state index contributed by atoms with van der Waals surface area (Å²) in [5.41, 5.74) is 2.18. The van der Waals surface area contributed by atoms with Crippen LogP contribution in [0.1, 0.15) is 68.4 Å². The molecule has 1 amide bonds. The van der Waals surface area contributed by atoms with Gasteiger partial charge in [-0.25, -0.2) is 0 Å². The van der Waals surface area contributed by atoms with Crippen LogP contribution in [0.2, 0.25) is 5.02 Å². The van der Waals surface area contributed by atoms with E-state index in [1.165, 1.54) is 0 Å². The van der Waals surface area contributed by atoms with Crippen LogP contribution >= 0.6 is 11.6 Å². The molecule has 2 aromatic rings. The zero-order valence-corrected chi connectivity index (χ0v) is 18.1. The molecule has 1 aromatic carbocycles. The van der Waals surface area contributed by atoms with E-state index in [0.29, 0.717) is 42.9 Å². The van der Waals surface area contributed by atoms with Crippen LogP contribution in [0, 0.1) is 11.3 Å². The van der Waals surface area contributed by atoms with Crippen molar-refractivity contribution in [2.45, 2.75) is 57.9 Å². The molecule has 1 atom stereocenters. The lowest BCUT2D eigenvalue weighted by atomic mass is 10.0. The molecule has 3 rings (SSSR count). The van der Waals surface area contributed by atoms with E-state index in [4.69, 9.17) is 22.0 Å². The molecule has 0 radical (unpaired) electrons. The third-order valence-electron chi connectivity index (χ3n) is 5.41. The summed E-state index contributed by atoms with van der Waals surface area (Å²) in [7, 11) is 0. The van der Waals surface area contributed by atoms with Gasteiger partial charge in [0.15, 0.2) is 5.78 Å². The van der Waals surface area contributed by atoms with Crippen LogP contribution in [0.25, 0.3) is 11.3 Å². The Morgan fingerprint density at radius 1 is 1.27 bits per heavy atom. The smallest absolute Gasteiger partial charge is 0.272 e. The fraction of sp³-hybridized carbons (Fsp3) is 0.478. The van der Waals surface area contributed by atoms with E-state index < -0.39 is 0 Å². The molecule has 0 saturated heterocycles. The maximum Gasteiger partial charge on any atom is 0.272 e. The number of rotatable bonds is 10. The van der Waals surface area contributed by atoms with Gasteiger partial charge < -0.3 is 4.90 Å². The van der Waals surface area contributed by atoms with Gasteiger partial charge in [0.2, 0.25) is 0 Å². The molecule has 0 fully saturated rings. The average molecular weight is 427 g/mol. The minimum Gasteiger partial charge on any atom is -0.328 e. The van der Waals surface area contributed by atoms with Crippen molar-refractivity contribution in [2.24, 2.45) is 0 Å². The normalized spacial score (nSPS) is 15.7. The average Bonchev–Trinajstić information content (AvgIpc) is 3.19. The number of ketones is 1. The second kappa shape index (κ2) is 10.4. The fourth-order valence-electron chi connectivity index (χ4n) is 3.78. The van der Waals surface area contributed by atoms with E-state index in [9.17, 15) is 9.59 Å². The lowest BCUT2D eigenvalue weighted by Gasteiger charge is -2.33. The Kier molecular flexibility index (Phi) is 7.64. The fourth-order valence-corrected chi connectivity index (χ4v) is 3.90. The van der Waals surface area contributed by atoms with Gasteiger partial charge in [0, 0.05) is 30.0 Å². The highest BCUT2D eigenvalue weighted by atomic mass is 35.5. The van der Waals surface area contributed by atoms with Crippen molar-refractivity contribution in [3.8, 4) is 17.3 Å². The van der Waals surface area contributed by atoms with Gasteiger partial charge >= 0.3 is 0 Å². The summed E-state index contributed by atoms with van der Waals surface area (Å²) in [6, 6.07) is 11.4. The van der Waals surface area contributed by atoms with Gasteiger partial charge in [-0.05, 0) is 37.5 Å². The highest BCUT2D eigenvalue weighted by molar-refractivity contribution is 6.30. The zero-order chi connectivity index (χ0) is 21.5. The number of unbranched alkanes of at least 4 members (excludes halogenated alkanes) is 3. The van der Waals surface area contributed by atoms with E-state index in [-0.39, 0.29) is 24.3 Å². The minimum atomic E-state index is -0.152. The largest absolute Gasteiger partial charge is 0.328 e. The first kappa shape index (κ1) is 22.0. The predicted octanol–water partition coefficient (Wildman–Crippen LogP) is 5.04. The second-order valence-corrected chi connectivity index (χ2v) is 8.19. The lowest BCUT2D eigenvalue weighted by molar-refractivity contribution is -0.120. The second-order valence-electron chi connectivity index (χ2n) is 7.75. The van der Waals surface area contributed by atoms with E-state index in [1.807, 2.05) is 35.0 Å². The maximum absolute atomic E-state index is 13.1. The number of amides is 1. The number of nitriles is 1. The highest BCUT2D eigenvalue weighted by Gasteiger charge is 2.33. The Morgan fingerprint density at radius 2 is 2.03 bits per heavy atom. The SMILES string of the molecule is CCCCC1CN(CC(=O)CCCCC#N)C(=O)c2cc(-c3ccc(Cl)cc3)nn21. The van der Waals surface area contributed by atoms with Gasteiger partial charge in [-0.1, -0.05) is 43.5 Å². The van der Waals surface area contributed by atoms with Gasteiger partial charge in [0.05, 0.1) is 24.3 Å². The summed E-state index contributed by atoms with van der Waals surface area (Å²) < 4.78 is 1.84. The minimum absolute atomic E-state index is 0.0430. The van der Waals surface area contributed by atoms with Crippen LogP contribution in [0.5, 0.6) is 0 Å². The maximum atomic E-state index is 13.1. The molecule has 1 unspecified atom stereocenters. The molecule has 0 bridgehead atoms. The summed E-state index contributed by atoms with van der Waals surface area (Å²) in [5.74, 6) is -0.109. The monoisotopic (exact) mass is 426 g/mol. The quantitative estimate of drug-likeness (QED) is 0.498. The summed E-state index contributed by atoms with van der Waals surface area (Å²) in [6.07, 6.45) is 5.26. The summed E-state index contributed by atoms with van der Waals surface area (Å²) in [5, 5.41) is 14.0. The Hall–Kier alpha value is -2.65. The predicted molar refractivity (Wildman–Crippen MR) is 116 cm³/mol. The molecule has 1 aliphatic rings. The van der Waals surface area contributed by atoms with Crippen LogP contribution in [-0.2, 0) is 4.79 Å². The molecule has 1 aliphatic heterocycles. The lowest BCUT2D eigenvalue weighted by Crippen LogP contribution is -2.45. The van der Waals surface area contributed by atoms with Crippen molar-refractivity contribution in [1.29, 1.82) is 5.26 Å². The number of fused-ring (bicyclic) bond motifs is 1. The zero-order valence-electron chi connectivity index (χ0n) is 17.3. The molecule has 6 nitrogen and oxygen atoms in total. The number of benzene rings is 1. The first-order valence-corrected chi connectivity index (χ1v) is 10.9. The highest BCUT2D eigenvalue weighted by Crippen LogP contribution is 2.29. The van der Waals surface area contributed by atoms with Crippen molar-refractivity contribution in [3.63, 3.8) is 0 Å². The molecule has 2 heterocycles. The van der Waals surface area contributed by atoms with Gasteiger partial charge in [-0.15, -0.1) is 0 Å². The molecule has 30 heavy (non-hydrogen) atoms. The van der Waals surface area contributed by atoms with E-state index in [2.05, 4.69) is 13.0 Å². The molecule has 1 aromatic heterocycles. The van der Waals surface area contributed by atoms with Crippen LogP contribution in [0.3, 0.4) is 0 Å². The summed E-state index contributed by atoms with van der Waals surface area (Å²) >= 11 is 5.99. The number of aromatic nitrogens is 2. The standard InChI is InChI=1S/C23H27ClN4O2/c1-2-3-7-19-15-27(16-20(29)8-5-4-6-13-25)23(30)22-14-21(26-28(19)22)17-9-11-18(24)12-10-17/h9-12,14,19H,2-8,15-16H2,1H3. The molecule has 158 valence electrons. The van der Waals surface area contributed by atoms with Crippen molar-refractivity contribution in [3.05, 3.63) is 41.0 Å². The van der Waals surface area contributed by atoms with Gasteiger partial charge in [0.25, 0.3) is 5.91 Å². The van der Waals surface area contributed by atoms with Crippen molar-refractivity contribution >= 4 is 23.3 Å².